The highest BCUT2D eigenvalue weighted by atomic mass is 35.5. The van der Waals surface area contributed by atoms with Crippen LogP contribution in [0.25, 0.3) is 0 Å². The topological polar surface area (TPSA) is 17.8 Å². The number of nitrogens with zero attached hydrogens (tertiary/aromatic N) is 2. The van der Waals surface area contributed by atoms with Crippen molar-refractivity contribution in [2.24, 2.45) is 0 Å². The Balaban J connectivity index is 2.39. The second kappa shape index (κ2) is 5.29. The molecule has 1 aliphatic carbocycles. The van der Waals surface area contributed by atoms with E-state index in [9.17, 15) is 13.2 Å². The molecule has 0 N–H and O–H groups in total. The first kappa shape index (κ1) is 14.0. The molecule has 2 rings (SSSR count). The maximum atomic E-state index is 12.8. The van der Waals surface area contributed by atoms with E-state index in [1.807, 2.05) is 0 Å². The Morgan fingerprint density at radius 2 is 1.83 bits per heavy atom. The second-order valence-corrected chi connectivity index (χ2v) is 5.11. The lowest BCUT2D eigenvalue weighted by Crippen LogP contribution is -2.15. The Morgan fingerprint density at radius 1 is 1.22 bits per heavy atom. The van der Waals surface area contributed by atoms with Crippen molar-refractivity contribution in [3.8, 4) is 0 Å². The van der Waals surface area contributed by atoms with Crippen LogP contribution >= 0.6 is 23.2 Å². The highest BCUT2D eigenvalue weighted by Gasteiger charge is 2.39. The number of hydrogen-bond acceptors (Lipinski definition) is 1. The molecule has 1 aromatic heterocycles. The summed E-state index contributed by atoms with van der Waals surface area (Å²) in [6.45, 7) is 0. The Hall–Kier alpha value is -0.420. The van der Waals surface area contributed by atoms with Gasteiger partial charge in [0.05, 0.1) is 11.9 Å². The molecule has 0 radical (unpaired) electrons. The molecule has 102 valence electrons. The lowest BCUT2D eigenvalue weighted by atomic mass is 9.96. The molecule has 0 unspecified atom stereocenters. The standard InChI is InChI=1S/C11H13Cl2F3N2/c12-6-8-9(11(14,15)16)17-18(10(8)13)7-4-2-1-3-5-7/h7H,1-6H2. The number of aromatic nitrogens is 2. The first-order valence-electron chi connectivity index (χ1n) is 5.85. The van der Waals surface area contributed by atoms with Gasteiger partial charge < -0.3 is 0 Å². The van der Waals surface area contributed by atoms with E-state index in [4.69, 9.17) is 23.2 Å². The van der Waals surface area contributed by atoms with Gasteiger partial charge >= 0.3 is 6.18 Å². The Bertz CT molecular complexity index is 423. The molecule has 18 heavy (non-hydrogen) atoms. The lowest BCUT2D eigenvalue weighted by molar-refractivity contribution is -0.142. The van der Waals surface area contributed by atoms with Crippen LogP contribution in [0.4, 0.5) is 13.2 Å². The van der Waals surface area contributed by atoms with E-state index in [-0.39, 0.29) is 22.6 Å². The average Bonchev–Trinajstić information content (AvgIpc) is 2.67. The summed E-state index contributed by atoms with van der Waals surface area (Å²) in [5.41, 5.74) is -1.07. The van der Waals surface area contributed by atoms with Crippen molar-refractivity contribution in [3.05, 3.63) is 16.4 Å². The summed E-state index contributed by atoms with van der Waals surface area (Å²) in [6.07, 6.45) is 0.245. The quantitative estimate of drug-likeness (QED) is 0.717. The molecule has 1 aromatic rings. The lowest BCUT2D eigenvalue weighted by Gasteiger charge is -2.22. The minimum Gasteiger partial charge on any atom is -0.250 e. The van der Waals surface area contributed by atoms with Crippen molar-refractivity contribution < 1.29 is 13.2 Å². The Morgan fingerprint density at radius 3 is 2.28 bits per heavy atom. The summed E-state index contributed by atoms with van der Waals surface area (Å²) in [4.78, 5) is 0. The van der Waals surface area contributed by atoms with E-state index in [0.29, 0.717) is 0 Å². The number of rotatable bonds is 2. The van der Waals surface area contributed by atoms with Crippen molar-refractivity contribution >= 4 is 23.2 Å². The Kier molecular flexibility index (Phi) is 4.11. The summed E-state index contributed by atoms with van der Waals surface area (Å²) >= 11 is 11.5. The largest absolute Gasteiger partial charge is 0.435 e. The predicted molar refractivity (Wildman–Crippen MR) is 63.9 cm³/mol. The molecule has 0 saturated heterocycles. The van der Waals surface area contributed by atoms with Gasteiger partial charge in [-0.3, -0.25) is 4.68 Å². The van der Waals surface area contributed by atoms with Gasteiger partial charge in [0.25, 0.3) is 0 Å². The van der Waals surface area contributed by atoms with Crippen molar-refractivity contribution in [2.75, 3.05) is 0 Å². The molecule has 0 aliphatic heterocycles. The number of halogens is 5. The summed E-state index contributed by atoms with van der Waals surface area (Å²) in [5.74, 6) is -0.277. The summed E-state index contributed by atoms with van der Waals surface area (Å²) < 4.78 is 39.7. The zero-order chi connectivity index (χ0) is 13.3. The van der Waals surface area contributed by atoms with Crippen LogP contribution in [-0.2, 0) is 12.1 Å². The molecule has 0 aromatic carbocycles. The van der Waals surface area contributed by atoms with Crippen molar-refractivity contribution in [1.82, 2.24) is 9.78 Å². The zero-order valence-electron chi connectivity index (χ0n) is 9.60. The van der Waals surface area contributed by atoms with Gasteiger partial charge in [0.1, 0.15) is 5.15 Å². The molecule has 2 nitrogen and oxygen atoms in total. The first-order valence-corrected chi connectivity index (χ1v) is 6.76. The van der Waals surface area contributed by atoms with E-state index in [2.05, 4.69) is 5.10 Å². The van der Waals surface area contributed by atoms with Crippen molar-refractivity contribution in [3.63, 3.8) is 0 Å². The van der Waals surface area contributed by atoms with Gasteiger partial charge in [-0.1, -0.05) is 30.9 Å². The van der Waals surface area contributed by atoms with E-state index >= 15 is 0 Å². The summed E-state index contributed by atoms with van der Waals surface area (Å²) in [5, 5.41) is 3.68. The van der Waals surface area contributed by atoms with Gasteiger partial charge in [0, 0.05) is 5.56 Å². The fourth-order valence-corrected chi connectivity index (χ4v) is 3.02. The minimum atomic E-state index is -4.51. The maximum Gasteiger partial charge on any atom is 0.435 e. The van der Waals surface area contributed by atoms with E-state index in [0.717, 1.165) is 32.1 Å². The van der Waals surface area contributed by atoms with Gasteiger partial charge in [-0.25, -0.2) is 0 Å². The van der Waals surface area contributed by atoms with Crippen LogP contribution in [0.1, 0.15) is 49.4 Å². The third kappa shape index (κ3) is 2.62. The number of alkyl halides is 4. The third-order valence-corrected chi connectivity index (χ3v) is 3.94. The molecule has 0 bridgehead atoms. The second-order valence-electron chi connectivity index (χ2n) is 4.49. The highest BCUT2D eigenvalue weighted by molar-refractivity contribution is 6.31. The van der Waals surface area contributed by atoms with Gasteiger partial charge in [-0.2, -0.15) is 18.3 Å². The predicted octanol–water partition coefficient (Wildman–Crippen LogP) is 4.80. The average molecular weight is 301 g/mol. The van der Waals surface area contributed by atoms with Crippen LogP contribution in [-0.4, -0.2) is 9.78 Å². The van der Waals surface area contributed by atoms with Crippen LogP contribution < -0.4 is 0 Å². The fraction of sp³-hybridized carbons (Fsp3) is 0.727. The van der Waals surface area contributed by atoms with Crippen molar-refractivity contribution in [2.45, 2.75) is 50.2 Å². The van der Waals surface area contributed by atoms with Gasteiger partial charge in [-0.15, -0.1) is 11.6 Å². The highest BCUT2D eigenvalue weighted by Crippen LogP contribution is 2.38. The number of hydrogen-bond donors (Lipinski definition) is 0. The first-order chi connectivity index (χ1) is 8.45. The van der Waals surface area contributed by atoms with Gasteiger partial charge in [0.15, 0.2) is 5.69 Å². The molecule has 0 amide bonds. The molecule has 1 saturated carbocycles. The molecule has 1 fully saturated rings. The van der Waals surface area contributed by atoms with Crippen LogP contribution in [0, 0.1) is 0 Å². The maximum absolute atomic E-state index is 12.8. The van der Waals surface area contributed by atoms with Crippen molar-refractivity contribution in [1.29, 1.82) is 0 Å². The van der Waals surface area contributed by atoms with Crippen LogP contribution in [0.5, 0.6) is 0 Å². The van der Waals surface area contributed by atoms with E-state index in [1.165, 1.54) is 4.68 Å². The van der Waals surface area contributed by atoms with Gasteiger partial charge in [0.2, 0.25) is 0 Å². The van der Waals surface area contributed by atoms with Crippen LogP contribution in [0.15, 0.2) is 0 Å². The summed E-state index contributed by atoms with van der Waals surface area (Å²) in [7, 11) is 0. The SMILES string of the molecule is FC(F)(F)c1nn(C2CCCCC2)c(Cl)c1CCl. The van der Waals surface area contributed by atoms with Gasteiger partial charge in [-0.05, 0) is 12.8 Å². The molecule has 1 heterocycles. The molecule has 0 spiro atoms. The monoisotopic (exact) mass is 300 g/mol. The molecular formula is C11H13Cl2F3N2. The van der Waals surface area contributed by atoms with E-state index in [1.54, 1.807) is 0 Å². The minimum absolute atomic E-state index is 0.0317. The molecule has 7 heteroatoms. The van der Waals surface area contributed by atoms with E-state index < -0.39 is 11.9 Å². The van der Waals surface area contributed by atoms with Crippen LogP contribution in [0.2, 0.25) is 5.15 Å². The summed E-state index contributed by atoms with van der Waals surface area (Å²) in [6, 6.07) is -0.0377. The normalized spacial score (nSPS) is 18.3. The molecular weight excluding hydrogens is 288 g/mol. The molecule has 1 aliphatic rings. The van der Waals surface area contributed by atoms with Crippen LogP contribution in [0.3, 0.4) is 0 Å². The third-order valence-electron chi connectivity index (χ3n) is 3.27. The zero-order valence-corrected chi connectivity index (χ0v) is 11.1. The Labute approximate surface area is 113 Å². The molecule has 0 atom stereocenters. The fourth-order valence-electron chi connectivity index (χ4n) is 2.36. The smallest absolute Gasteiger partial charge is 0.250 e.